The Balaban J connectivity index is 2.15. The lowest BCUT2D eigenvalue weighted by molar-refractivity contribution is 0.294. The van der Waals surface area contributed by atoms with Crippen molar-refractivity contribution in [2.75, 3.05) is 19.1 Å². The molecule has 6 nitrogen and oxygen atoms in total. The van der Waals surface area contributed by atoms with Crippen LogP contribution in [0.15, 0.2) is 23.3 Å². The third-order valence-electron chi connectivity index (χ3n) is 3.06. The number of hydrazone groups is 1. The van der Waals surface area contributed by atoms with Crippen LogP contribution in [-0.2, 0) is 0 Å². The highest BCUT2D eigenvalue weighted by Gasteiger charge is 2.11. The standard InChI is InChI=1S/C17H21ClN4O2/c1-5-6-24-16-14(18)8-13(9-15(16)23-4)10-19-22-17-20-11(2)7-12(3)21-17/h7-10H,5-6H2,1-4H3,(H,20,21,22)/b19-10-. The van der Waals surface area contributed by atoms with Gasteiger partial charge in [0.25, 0.3) is 0 Å². The average molecular weight is 349 g/mol. The number of aryl methyl sites for hydroxylation is 2. The minimum absolute atomic E-state index is 0.449. The van der Waals surface area contributed by atoms with Crippen LogP contribution in [0.25, 0.3) is 0 Å². The molecular weight excluding hydrogens is 328 g/mol. The Morgan fingerprint density at radius 2 is 1.92 bits per heavy atom. The molecule has 1 heterocycles. The van der Waals surface area contributed by atoms with Crippen molar-refractivity contribution in [3.8, 4) is 11.5 Å². The molecule has 0 bridgehead atoms. The summed E-state index contributed by atoms with van der Waals surface area (Å²) in [6, 6.07) is 5.47. The summed E-state index contributed by atoms with van der Waals surface area (Å²) in [6.45, 7) is 6.42. The van der Waals surface area contributed by atoms with Gasteiger partial charge in [0.15, 0.2) is 11.5 Å². The smallest absolute Gasteiger partial charge is 0.243 e. The van der Waals surface area contributed by atoms with Gasteiger partial charge >= 0.3 is 0 Å². The Morgan fingerprint density at radius 3 is 2.54 bits per heavy atom. The van der Waals surface area contributed by atoms with Gasteiger partial charge < -0.3 is 9.47 Å². The maximum absolute atomic E-state index is 6.27. The van der Waals surface area contributed by atoms with E-state index in [1.165, 1.54) is 0 Å². The molecule has 1 aromatic heterocycles. The average Bonchev–Trinajstić information content (AvgIpc) is 2.52. The minimum atomic E-state index is 0.449. The minimum Gasteiger partial charge on any atom is -0.493 e. The first kappa shape index (κ1) is 18.0. The van der Waals surface area contributed by atoms with Crippen LogP contribution in [-0.4, -0.2) is 29.9 Å². The Hall–Kier alpha value is -2.34. The van der Waals surface area contributed by atoms with E-state index in [-0.39, 0.29) is 0 Å². The van der Waals surface area contributed by atoms with Gasteiger partial charge in [-0.25, -0.2) is 15.4 Å². The molecule has 1 aromatic carbocycles. The van der Waals surface area contributed by atoms with Crippen LogP contribution in [0, 0.1) is 13.8 Å². The lowest BCUT2D eigenvalue weighted by Gasteiger charge is -2.12. The fourth-order valence-corrected chi connectivity index (χ4v) is 2.37. The summed E-state index contributed by atoms with van der Waals surface area (Å²) in [5.41, 5.74) is 5.34. The van der Waals surface area contributed by atoms with Crippen molar-refractivity contribution in [2.45, 2.75) is 27.2 Å². The van der Waals surface area contributed by atoms with Crippen LogP contribution in [0.1, 0.15) is 30.3 Å². The molecule has 1 N–H and O–H groups in total. The van der Waals surface area contributed by atoms with Gasteiger partial charge in [0.2, 0.25) is 5.95 Å². The molecule has 0 atom stereocenters. The molecule has 0 amide bonds. The zero-order valence-electron chi connectivity index (χ0n) is 14.3. The van der Waals surface area contributed by atoms with Crippen molar-refractivity contribution in [1.29, 1.82) is 0 Å². The Kier molecular flexibility index (Phi) is 6.37. The summed E-state index contributed by atoms with van der Waals surface area (Å²) in [5.74, 6) is 1.56. The highest BCUT2D eigenvalue weighted by atomic mass is 35.5. The third-order valence-corrected chi connectivity index (χ3v) is 3.34. The number of hydrogen-bond acceptors (Lipinski definition) is 6. The van der Waals surface area contributed by atoms with Gasteiger partial charge in [-0.3, -0.25) is 0 Å². The van der Waals surface area contributed by atoms with E-state index in [4.69, 9.17) is 21.1 Å². The topological polar surface area (TPSA) is 68.6 Å². The molecule has 0 aliphatic rings. The second-order valence-electron chi connectivity index (χ2n) is 5.23. The Morgan fingerprint density at radius 1 is 1.21 bits per heavy atom. The van der Waals surface area contributed by atoms with Gasteiger partial charge in [-0.15, -0.1) is 0 Å². The molecule has 0 spiro atoms. The number of nitrogens with one attached hydrogen (secondary N) is 1. The van der Waals surface area contributed by atoms with Gasteiger partial charge in [-0.05, 0) is 44.0 Å². The normalized spacial score (nSPS) is 10.9. The van der Waals surface area contributed by atoms with E-state index in [0.717, 1.165) is 23.4 Å². The molecule has 7 heteroatoms. The molecule has 0 aliphatic carbocycles. The van der Waals surface area contributed by atoms with Crippen LogP contribution in [0.2, 0.25) is 5.02 Å². The van der Waals surface area contributed by atoms with E-state index in [0.29, 0.717) is 29.1 Å². The predicted octanol–water partition coefficient (Wildman–Crippen LogP) is 3.99. The largest absolute Gasteiger partial charge is 0.493 e. The molecule has 0 fully saturated rings. The highest BCUT2D eigenvalue weighted by molar-refractivity contribution is 6.32. The number of rotatable bonds is 7. The number of halogens is 1. The number of methoxy groups -OCH3 is 1. The lowest BCUT2D eigenvalue weighted by Crippen LogP contribution is -2.01. The monoisotopic (exact) mass is 348 g/mol. The fourth-order valence-electron chi connectivity index (χ4n) is 2.10. The van der Waals surface area contributed by atoms with Crippen LogP contribution in [0.4, 0.5) is 5.95 Å². The number of anilines is 1. The van der Waals surface area contributed by atoms with Gasteiger partial charge in [0, 0.05) is 11.4 Å². The van der Waals surface area contributed by atoms with Crippen LogP contribution in [0.3, 0.4) is 0 Å². The molecular formula is C17H21ClN4O2. The maximum Gasteiger partial charge on any atom is 0.243 e. The summed E-state index contributed by atoms with van der Waals surface area (Å²) < 4.78 is 11.0. The first-order valence-electron chi connectivity index (χ1n) is 7.65. The summed E-state index contributed by atoms with van der Waals surface area (Å²) >= 11 is 6.27. The van der Waals surface area contributed by atoms with Gasteiger partial charge in [-0.2, -0.15) is 5.10 Å². The molecule has 128 valence electrons. The van der Waals surface area contributed by atoms with Crippen molar-refractivity contribution >= 4 is 23.8 Å². The number of ether oxygens (including phenoxy) is 2. The van der Waals surface area contributed by atoms with Crippen molar-refractivity contribution in [3.63, 3.8) is 0 Å². The van der Waals surface area contributed by atoms with E-state index in [1.54, 1.807) is 19.4 Å². The van der Waals surface area contributed by atoms with Crippen LogP contribution < -0.4 is 14.9 Å². The van der Waals surface area contributed by atoms with Crippen molar-refractivity contribution in [1.82, 2.24) is 9.97 Å². The first-order valence-corrected chi connectivity index (χ1v) is 8.03. The summed E-state index contributed by atoms with van der Waals surface area (Å²) in [4.78, 5) is 8.52. The molecule has 0 saturated carbocycles. The van der Waals surface area contributed by atoms with E-state index in [1.807, 2.05) is 32.9 Å². The second kappa shape index (κ2) is 8.49. The second-order valence-corrected chi connectivity index (χ2v) is 5.63. The number of nitrogens with zero attached hydrogens (tertiary/aromatic N) is 3. The molecule has 24 heavy (non-hydrogen) atoms. The number of aromatic nitrogens is 2. The van der Waals surface area contributed by atoms with E-state index in [9.17, 15) is 0 Å². The first-order chi connectivity index (χ1) is 11.5. The maximum atomic E-state index is 6.27. The quantitative estimate of drug-likeness (QED) is 0.605. The van der Waals surface area contributed by atoms with Crippen molar-refractivity contribution in [2.24, 2.45) is 5.10 Å². The zero-order chi connectivity index (χ0) is 17.5. The highest BCUT2D eigenvalue weighted by Crippen LogP contribution is 2.36. The predicted molar refractivity (Wildman–Crippen MR) is 96.5 cm³/mol. The SMILES string of the molecule is CCCOc1c(Cl)cc(/C=N\Nc2nc(C)cc(C)n2)cc1OC. The molecule has 0 saturated heterocycles. The molecule has 0 unspecified atom stereocenters. The number of hydrogen-bond donors (Lipinski definition) is 1. The fraction of sp³-hybridized carbons (Fsp3) is 0.353. The Labute approximate surface area is 146 Å². The molecule has 0 radical (unpaired) electrons. The zero-order valence-corrected chi connectivity index (χ0v) is 15.0. The molecule has 2 rings (SSSR count). The molecule has 0 aliphatic heterocycles. The van der Waals surface area contributed by atoms with E-state index >= 15 is 0 Å². The van der Waals surface area contributed by atoms with Crippen molar-refractivity contribution in [3.05, 3.63) is 40.2 Å². The Bertz CT molecular complexity index is 715. The van der Waals surface area contributed by atoms with Crippen LogP contribution >= 0.6 is 11.6 Å². The van der Waals surface area contributed by atoms with Gasteiger partial charge in [0.05, 0.1) is 25.0 Å². The van der Waals surface area contributed by atoms with E-state index < -0.39 is 0 Å². The van der Waals surface area contributed by atoms with Gasteiger partial charge in [-0.1, -0.05) is 18.5 Å². The third kappa shape index (κ3) is 4.83. The number of benzene rings is 1. The summed E-state index contributed by atoms with van der Waals surface area (Å²) in [6.07, 6.45) is 2.52. The van der Waals surface area contributed by atoms with Gasteiger partial charge in [0.1, 0.15) is 0 Å². The molecule has 2 aromatic rings. The van der Waals surface area contributed by atoms with E-state index in [2.05, 4.69) is 20.5 Å². The lowest BCUT2D eigenvalue weighted by atomic mass is 10.2. The van der Waals surface area contributed by atoms with Crippen molar-refractivity contribution < 1.29 is 9.47 Å². The summed E-state index contributed by atoms with van der Waals surface area (Å²) in [5, 5.41) is 4.63. The summed E-state index contributed by atoms with van der Waals surface area (Å²) in [7, 11) is 1.58. The van der Waals surface area contributed by atoms with Crippen LogP contribution in [0.5, 0.6) is 11.5 Å².